The predicted octanol–water partition coefficient (Wildman–Crippen LogP) is 3.21. The Balaban J connectivity index is 1.93. The average molecular weight is 345 g/mol. The van der Waals surface area contributed by atoms with Crippen LogP contribution in [0.3, 0.4) is 0 Å². The molecule has 1 saturated carbocycles. The number of amides is 1. The van der Waals surface area contributed by atoms with Crippen LogP contribution in [0.25, 0.3) is 0 Å². The lowest BCUT2D eigenvalue weighted by Gasteiger charge is -2.32. The molecule has 1 aliphatic carbocycles. The van der Waals surface area contributed by atoms with Gasteiger partial charge in [-0.1, -0.05) is 25.0 Å². The highest BCUT2D eigenvalue weighted by Crippen LogP contribution is 2.41. The molecule has 1 fully saturated rings. The number of nitrogens with one attached hydrogen (secondary N) is 1. The zero-order chi connectivity index (χ0) is 17.7. The molecule has 0 heterocycles. The Morgan fingerprint density at radius 1 is 1.29 bits per heavy atom. The van der Waals surface area contributed by atoms with Gasteiger partial charge in [0.05, 0.1) is 19.1 Å². The van der Waals surface area contributed by atoms with Crippen LogP contribution in [0.1, 0.15) is 37.4 Å². The van der Waals surface area contributed by atoms with Gasteiger partial charge in [-0.3, -0.25) is 4.79 Å². The zero-order valence-corrected chi connectivity index (χ0v) is 13.5. The first-order valence-electron chi connectivity index (χ1n) is 7.99. The Morgan fingerprint density at radius 3 is 2.50 bits per heavy atom. The number of benzene rings is 1. The molecular formula is C17H22F3NO3. The smallest absolute Gasteiger partial charge is 0.392 e. The number of aliphatic hydroxyl groups excluding tert-OH is 1. The van der Waals surface area contributed by atoms with Crippen LogP contribution in [-0.2, 0) is 4.79 Å². The van der Waals surface area contributed by atoms with E-state index in [1.165, 1.54) is 7.11 Å². The molecule has 134 valence electrons. The fraction of sp³-hybridized carbons (Fsp3) is 0.588. The van der Waals surface area contributed by atoms with Crippen molar-refractivity contribution < 1.29 is 27.8 Å². The summed E-state index contributed by atoms with van der Waals surface area (Å²) < 4.78 is 44.1. The molecular weight excluding hydrogens is 323 g/mol. The third-order valence-electron chi connectivity index (χ3n) is 4.49. The summed E-state index contributed by atoms with van der Waals surface area (Å²) in [7, 11) is 1.52. The van der Waals surface area contributed by atoms with Crippen molar-refractivity contribution in [2.75, 3.05) is 13.7 Å². The van der Waals surface area contributed by atoms with Gasteiger partial charge >= 0.3 is 6.18 Å². The second-order valence-corrected chi connectivity index (χ2v) is 6.07. The van der Waals surface area contributed by atoms with Gasteiger partial charge in [-0.15, -0.1) is 0 Å². The SMILES string of the molecule is COc1ccc([C@H](O)CNC(=O)[C@H]2CCCC[C@H]2C(F)(F)F)cc1. The quantitative estimate of drug-likeness (QED) is 0.861. The number of methoxy groups -OCH3 is 1. The van der Waals surface area contributed by atoms with E-state index in [1.807, 2.05) is 0 Å². The number of halogens is 3. The molecule has 2 N–H and O–H groups in total. The van der Waals surface area contributed by atoms with E-state index in [-0.39, 0.29) is 19.4 Å². The fourth-order valence-corrected chi connectivity index (χ4v) is 3.11. The van der Waals surface area contributed by atoms with Gasteiger partial charge in [-0.05, 0) is 30.5 Å². The number of hydrogen-bond acceptors (Lipinski definition) is 3. The van der Waals surface area contributed by atoms with E-state index in [4.69, 9.17) is 4.74 Å². The summed E-state index contributed by atoms with van der Waals surface area (Å²) in [6, 6.07) is 6.63. The van der Waals surface area contributed by atoms with E-state index >= 15 is 0 Å². The lowest BCUT2D eigenvalue weighted by atomic mass is 9.78. The van der Waals surface area contributed by atoms with Gasteiger partial charge in [0.25, 0.3) is 0 Å². The zero-order valence-electron chi connectivity index (χ0n) is 13.5. The molecule has 1 aromatic rings. The van der Waals surface area contributed by atoms with Gasteiger partial charge in [-0.25, -0.2) is 0 Å². The summed E-state index contributed by atoms with van der Waals surface area (Å²) in [5, 5.41) is 12.5. The standard InChI is InChI=1S/C17H22F3NO3/c1-24-12-8-6-11(7-9-12)15(22)10-21-16(23)13-4-2-3-5-14(13)17(18,19)20/h6-9,13-15,22H,2-5,10H2,1H3,(H,21,23)/t13-,14+,15+/m0/s1. The topological polar surface area (TPSA) is 58.6 Å². The monoisotopic (exact) mass is 345 g/mol. The van der Waals surface area contributed by atoms with Crippen LogP contribution >= 0.6 is 0 Å². The van der Waals surface area contributed by atoms with Gasteiger partial charge in [0, 0.05) is 12.5 Å². The minimum absolute atomic E-state index is 0.0113. The molecule has 1 aliphatic rings. The van der Waals surface area contributed by atoms with Crippen LogP contribution in [0.4, 0.5) is 13.2 Å². The first-order valence-corrected chi connectivity index (χ1v) is 7.99. The van der Waals surface area contributed by atoms with Gasteiger partial charge in [0.1, 0.15) is 5.75 Å². The summed E-state index contributed by atoms with van der Waals surface area (Å²) in [6.45, 7) is -0.119. The number of hydrogen-bond donors (Lipinski definition) is 2. The van der Waals surface area contributed by atoms with Gasteiger partial charge in [0.15, 0.2) is 0 Å². The van der Waals surface area contributed by atoms with Gasteiger partial charge in [0.2, 0.25) is 5.91 Å². The van der Waals surface area contributed by atoms with Crippen LogP contribution < -0.4 is 10.1 Å². The first-order chi connectivity index (χ1) is 11.3. The normalized spacial score (nSPS) is 22.7. The molecule has 7 heteroatoms. The minimum Gasteiger partial charge on any atom is -0.497 e. The summed E-state index contributed by atoms with van der Waals surface area (Å²) in [6.07, 6.45) is -4.02. The second kappa shape index (κ2) is 7.88. The van der Waals surface area contributed by atoms with E-state index in [0.717, 1.165) is 0 Å². The van der Waals surface area contributed by atoms with Crippen LogP contribution in [-0.4, -0.2) is 30.8 Å². The van der Waals surface area contributed by atoms with Crippen molar-refractivity contribution in [1.29, 1.82) is 0 Å². The van der Waals surface area contributed by atoms with E-state index in [2.05, 4.69) is 5.32 Å². The van der Waals surface area contributed by atoms with Crippen LogP contribution in [0, 0.1) is 11.8 Å². The van der Waals surface area contributed by atoms with Crippen LogP contribution in [0.5, 0.6) is 5.75 Å². The molecule has 0 saturated heterocycles. The Bertz CT molecular complexity index is 545. The minimum atomic E-state index is -4.36. The predicted molar refractivity (Wildman–Crippen MR) is 82.5 cm³/mol. The van der Waals surface area contributed by atoms with Gasteiger partial charge < -0.3 is 15.2 Å². The largest absolute Gasteiger partial charge is 0.497 e. The summed E-state index contributed by atoms with van der Waals surface area (Å²) in [5.41, 5.74) is 0.562. The van der Waals surface area contributed by atoms with Crippen molar-refractivity contribution in [1.82, 2.24) is 5.32 Å². The Morgan fingerprint density at radius 2 is 1.92 bits per heavy atom. The second-order valence-electron chi connectivity index (χ2n) is 6.07. The van der Waals surface area contributed by atoms with E-state index in [9.17, 15) is 23.1 Å². The van der Waals surface area contributed by atoms with E-state index in [0.29, 0.717) is 24.2 Å². The molecule has 24 heavy (non-hydrogen) atoms. The Labute approximate surface area is 139 Å². The lowest BCUT2D eigenvalue weighted by Crippen LogP contribution is -2.43. The average Bonchev–Trinajstić information content (AvgIpc) is 2.58. The summed E-state index contributed by atoms with van der Waals surface area (Å²) >= 11 is 0. The third kappa shape index (κ3) is 4.63. The molecule has 0 spiro atoms. The molecule has 4 nitrogen and oxygen atoms in total. The molecule has 0 aromatic heterocycles. The van der Waals surface area contributed by atoms with Crippen molar-refractivity contribution in [3.8, 4) is 5.75 Å². The summed E-state index contributed by atoms with van der Waals surface area (Å²) in [5.74, 6) is -2.67. The number of carbonyl (C=O) groups is 1. The molecule has 0 aliphatic heterocycles. The highest BCUT2D eigenvalue weighted by molar-refractivity contribution is 5.79. The van der Waals surface area contributed by atoms with Crippen molar-refractivity contribution in [3.05, 3.63) is 29.8 Å². The van der Waals surface area contributed by atoms with Gasteiger partial charge in [-0.2, -0.15) is 13.2 Å². The maximum atomic E-state index is 13.0. The first kappa shape index (κ1) is 18.6. The van der Waals surface area contributed by atoms with Crippen molar-refractivity contribution >= 4 is 5.91 Å². The number of rotatable bonds is 5. The van der Waals surface area contributed by atoms with E-state index in [1.54, 1.807) is 24.3 Å². The molecule has 0 radical (unpaired) electrons. The Hall–Kier alpha value is -1.76. The number of carbonyl (C=O) groups excluding carboxylic acids is 1. The Kier molecular flexibility index (Phi) is 6.10. The molecule has 1 aromatic carbocycles. The van der Waals surface area contributed by atoms with Crippen molar-refractivity contribution in [2.45, 2.75) is 38.0 Å². The molecule has 2 rings (SSSR count). The van der Waals surface area contributed by atoms with Crippen LogP contribution in [0.2, 0.25) is 0 Å². The molecule has 1 amide bonds. The molecule has 0 bridgehead atoms. The van der Waals surface area contributed by atoms with Crippen molar-refractivity contribution in [3.63, 3.8) is 0 Å². The number of aliphatic hydroxyl groups is 1. The molecule has 0 unspecified atom stereocenters. The third-order valence-corrected chi connectivity index (χ3v) is 4.49. The number of ether oxygens (including phenoxy) is 1. The highest BCUT2D eigenvalue weighted by Gasteiger charge is 2.47. The highest BCUT2D eigenvalue weighted by atomic mass is 19.4. The number of alkyl halides is 3. The maximum Gasteiger partial charge on any atom is 0.392 e. The summed E-state index contributed by atoms with van der Waals surface area (Å²) in [4.78, 5) is 12.1. The van der Waals surface area contributed by atoms with E-state index < -0.39 is 30.0 Å². The fourth-order valence-electron chi connectivity index (χ4n) is 3.11. The lowest BCUT2D eigenvalue weighted by molar-refractivity contribution is -0.198. The maximum absolute atomic E-state index is 13.0. The van der Waals surface area contributed by atoms with Crippen LogP contribution in [0.15, 0.2) is 24.3 Å². The molecule has 3 atom stereocenters. The van der Waals surface area contributed by atoms with Crippen molar-refractivity contribution in [2.24, 2.45) is 11.8 Å².